The molecule has 5 rings (SSSR count). The molecule has 1 saturated heterocycles. The van der Waals surface area contributed by atoms with Crippen LogP contribution in [-0.4, -0.2) is 42.1 Å². The van der Waals surface area contributed by atoms with Crippen molar-refractivity contribution in [2.45, 2.75) is 13.0 Å². The van der Waals surface area contributed by atoms with E-state index >= 15 is 0 Å². The van der Waals surface area contributed by atoms with Crippen LogP contribution in [-0.2, 0) is 0 Å². The van der Waals surface area contributed by atoms with Crippen LogP contribution in [0.3, 0.4) is 0 Å². The van der Waals surface area contributed by atoms with Gasteiger partial charge >= 0.3 is 0 Å². The Morgan fingerprint density at radius 1 is 1.21 bits per heavy atom. The summed E-state index contributed by atoms with van der Waals surface area (Å²) in [4.78, 5) is 7.28. The predicted octanol–water partition coefficient (Wildman–Crippen LogP) is 4.97. The van der Waals surface area contributed by atoms with Crippen LogP contribution in [0.5, 0.6) is 5.75 Å². The number of rotatable bonds is 3. The van der Waals surface area contributed by atoms with Gasteiger partial charge in [0.05, 0.1) is 23.2 Å². The molecular weight excluding hydrogens is 404 g/mol. The van der Waals surface area contributed by atoms with Crippen LogP contribution in [0, 0.1) is 0 Å². The smallest absolute Gasteiger partial charge is 0.175 e. The van der Waals surface area contributed by atoms with E-state index < -0.39 is 0 Å². The van der Waals surface area contributed by atoms with Gasteiger partial charge in [0.25, 0.3) is 0 Å². The Kier molecular flexibility index (Phi) is 4.78. The molecule has 4 aromatic rings. The SMILES string of the molecule is COc1cc(-c2nc3nsc(N4CCNC[C@@H]4C)c3cc2Cl)c2ccccc2c1. The van der Waals surface area contributed by atoms with Crippen molar-refractivity contribution >= 4 is 49.9 Å². The predicted molar refractivity (Wildman–Crippen MR) is 122 cm³/mol. The van der Waals surface area contributed by atoms with E-state index in [-0.39, 0.29) is 0 Å². The molecule has 1 fully saturated rings. The minimum atomic E-state index is 0.410. The fraction of sp³-hybridized carbons (Fsp3) is 0.273. The third kappa shape index (κ3) is 3.21. The first kappa shape index (κ1) is 18.6. The van der Waals surface area contributed by atoms with E-state index in [0.717, 1.165) is 63.4 Å². The number of aromatic nitrogens is 2. The molecule has 7 heteroatoms. The summed E-state index contributed by atoms with van der Waals surface area (Å²) in [5.74, 6) is 0.783. The first-order chi connectivity index (χ1) is 14.2. The van der Waals surface area contributed by atoms with Crippen LogP contribution < -0.4 is 15.0 Å². The highest BCUT2D eigenvalue weighted by atomic mass is 35.5. The maximum Gasteiger partial charge on any atom is 0.175 e. The van der Waals surface area contributed by atoms with Crippen molar-refractivity contribution in [3.8, 4) is 17.0 Å². The van der Waals surface area contributed by atoms with Gasteiger partial charge in [0.1, 0.15) is 10.8 Å². The third-order valence-corrected chi connectivity index (χ3v) is 6.67. The highest BCUT2D eigenvalue weighted by molar-refractivity contribution is 7.11. The van der Waals surface area contributed by atoms with Crippen LogP contribution in [0.2, 0.25) is 5.02 Å². The molecule has 2 aromatic carbocycles. The zero-order chi connectivity index (χ0) is 20.0. The lowest BCUT2D eigenvalue weighted by atomic mass is 10.0. The first-order valence-electron chi connectivity index (χ1n) is 9.66. The minimum absolute atomic E-state index is 0.410. The molecule has 0 spiro atoms. The van der Waals surface area contributed by atoms with Gasteiger partial charge in [-0.05, 0) is 47.4 Å². The molecule has 0 aliphatic carbocycles. The Labute approximate surface area is 178 Å². The number of methoxy groups -OCH3 is 1. The molecule has 0 unspecified atom stereocenters. The van der Waals surface area contributed by atoms with Gasteiger partial charge in [-0.3, -0.25) is 0 Å². The zero-order valence-corrected chi connectivity index (χ0v) is 17.8. The molecular formula is C22H21ClN4OS. The molecule has 0 bridgehead atoms. The van der Waals surface area contributed by atoms with Gasteiger partial charge < -0.3 is 15.0 Å². The van der Waals surface area contributed by atoms with Crippen LogP contribution >= 0.6 is 23.1 Å². The summed E-state index contributed by atoms with van der Waals surface area (Å²) in [6.07, 6.45) is 0. The lowest BCUT2D eigenvalue weighted by Crippen LogP contribution is -2.49. The lowest BCUT2D eigenvalue weighted by molar-refractivity contribution is 0.415. The molecule has 5 nitrogen and oxygen atoms in total. The molecule has 1 atom stereocenters. The Balaban J connectivity index is 1.68. The second kappa shape index (κ2) is 7.44. The standard InChI is InChI=1S/C22H21ClN4OS/c1-13-12-24-7-8-27(13)22-18-11-19(23)20(25-21(18)26-29-22)17-10-15(28-2)9-14-5-3-4-6-16(14)17/h3-6,9-11,13,24H,7-8,12H2,1-2H3/t13-/m0/s1. The van der Waals surface area contributed by atoms with Gasteiger partial charge in [0.15, 0.2) is 5.65 Å². The number of piperazine rings is 1. The number of hydrogen-bond donors (Lipinski definition) is 1. The number of anilines is 1. The van der Waals surface area contributed by atoms with Crippen molar-refractivity contribution in [3.05, 3.63) is 47.5 Å². The number of pyridine rings is 1. The summed E-state index contributed by atoms with van der Waals surface area (Å²) in [5.41, 5.74) is 2.43. The second-order valence-corrected chi connectivity index (χ2v) is 8.48. The van der Waals surface area contributed by atoms with Crippen LogP contribution in [0.4, 0.5) is 5.00 Å². The maximum atomic E-state index is 6.78. The van der Waals surface area contributed by atoms with Gasteiger partial charge in [0.2, 0.25) is 0 Å². The van der Waals surface area contributed by atoms with Crippen molar-refractivity contribution in [1.82, 2.24) is 14.7 Å². The number of nitrogens with zero attached hydrogens (tertiary/aromatic N) is 3. The maximum absolute atomic E-state index is 6.78. The zero-order valence-electron chi connectivity index (χ0n) is 16.3. The van der Waals surface area contributed by atoms with Crippen LogP contribution in [0.1, 0.15) is 6.92 Å². The fourth-order valence-corrected chi connectivity index (χ4v) is 5.17. The molecule has 0 saturated carbocycles. The molecule has 0 radical (unpaired) electrons. The second-order valence-electron chi connectivity index (χ2n) is 7.32. The van der Waals surface area contributed by atoms with Crippen molar-refractivity contribution in [2.24, 2.45) is 0 Å². The Hall–Kier alpha value is -2.41. The Morgan fingerprint density at radius 3 is 2.90 bits per heavy atom. The monoisotopic (exact) mass is 424 g/mol. The van der Waals surface area contributed by atoms with Gasteiger partial charge in [0, 0.05) is 31.2 Å². The van der Waals surface area contributed by atoms with Gasteiger partial charge in [-0.25, -0.2) is 4.98 Å². The van der Waals surface area contributed by atoms with Crippen molar-refractivity contribution < 1.29 is 4.74 Å². The summed E-state index contributed by atoms with van der Waals surface area (Å²) in [6, 6.07) is 14.6. The molecule has 3 heterocycles. The lowest BCUT2D eigenvalue weighted by Gasteiger charge is -2.34. The third-order valence-electron chi connectivity index (χ3n) is 5.49. The van der Waals surface area contributed by atoms with E-state index in [2.05, 4.69) is 33.6 Å². The van der Waals surface area contributed by atoms with E-state index in [1.165, 1.54) is 11.5 Å². The molecule has 0 amide bonds. The van der Waals surface area contributed by atoms with E-state index in [1.54, 1.807) is 7.11 Å². The first-order valence-corrected chi connectivity index (χ1v) is 10.8. The average Bonchev–Trinajstić information content (AvgIpc) is 3.15. The summed E-state index contributed by atoms with van der Waals surface area (Å²) in [6.45, 7) is 5.12. The Bertz CT molecular complexity index is 1210. The van der Waals surface area contributed by atoms with Gasteiger partial charge in [-0.15, -0.1) is 0 Å². The number of ether oxygens (including phenoxy) is 1. The number of nitrogens with one attached hydrogen (secondary N) is 1. The molecule has 1 aliphatic rings. The minimum Gasteiger partial charge on any atom is -0.497 e. The van der Waals surface area contributed by atoms with E-state index in [1.807, 2.05) is 30.3 Å². The van der Waals surface area contributed by atoms with Crippen LogP contribution in [0.15, 0.2) is 42.5 Å². The molecule has 29 heavy (non-hydrogen) atoms. The van der Waals surface area contributed by atoms with Gasteiger partial charge in [-0.2, -0.15) is 4.37 Å². The quantitative estimate of drug-likeness (QED) is 0.503. The number of fused-ring (bicyclic) bond motifs is 2. The largest absolute Gasteiger partial charge is 0.497 e. The van der Waals surface area contributed by atoms with Crippen molar-refractivity contribution in [1.29, 1.82) is 0 Å². The number of halogens is 1. The number of benzene rings is 2. The average molecular weight is 425 g/mol. The molecule has 1 aliphatic heterocycles. The summed E-state index contributed by atoms with van der Waals surface area (Å²) >= 11 is 8.28. The van der Waals surface area contributed by atoms with Gasteiger partial charge in [-0.1, -0.05) is 35.9 Å². The summed E-state index contributed by atoms with van der Waals surface area (Å²) < 4.78 is 10.2. The molecule has 148 valence electrons. The fourth-order valence-electron chi connectivity index (χ4n) is 3.98. The summed E-state index contributed by atoms with van der Waals surface area (Å²) in [7, 11) is 1.67. The van der Waals surface area contributed by atoms with Crippen LogP contribution in [0.25, 0.3) is 33.1 Å². The number of hydrogen-bond acceptors (Lipinski definition) is 6. The van der Waals surface area contributed by atoms with E-state index in [0.29, 0.717) is 11.1 Å². The van der Waals surface area contributed by atoms with Crippen molar-refractivity contribution in [3.63, 3.8) is 0 Å². The summed E-state index contributed by atoms with van der Waals surface area (Å²) in [5, 5.41) is 8.40. The van der Waals surface area contributed by atoms with E-state index in [4.69, 9.17) is 21.3 Å². The van der Waals surface area contributed by atoms with E-state index in [9.17, 15) is 0 Å². The molecule has 2 aromatic heterocycles. The van der Waals surface area contributed by atoms with Crippen molar-refractivity contribution in [2.75, 3.05) is 31.6 Å². The normalized spacial score (nSPS) is 17.2. The highest BCUT2D eigenvalue weighted by Gasteiger charge is 2.24. The topological polar surface area (TPSA) is 50.3 Å². The Morgan fingerprint density at radius 2 is 2.07 bits per heavy atom. The molecule has 1 N–H and O–H groups in total. The highest BCUT2D eigenvalue weighted by Crippen LogP contribution is 2.40.